The molecule has 0 bridgehead atoms. The number of aromatic amines is 3. The summed E-state index contributed by atoms with van der Waals surface area (Å²) in [7, 11) is 6.75. The minimum Gasteiger partial charge on any atom is -0.495 e. The van der Waals surface area contributed by atoms with Gasteiger partial charge in [0.25, 0.3) is 0 Å². The van der Waals surface area contributed by atoms with Gasteiger partial charge in [0.05, 0.1) is 57.9 Å². The smallest absolute Gasteiger partial charge is 0.244 e. The quantitative estimate of drug-likeness (QED) is 0.0677. The molecule has 3 N–H and O–H groups in total. The van der Waals surface area contributed by atoms with Crippen LogP contribution in [0.5, 0.6) is 17.2 Å². The van der Waals surface area contributed by atoms with Crippen molar-refractivity contribution in [3.8, 4) is 63.3 Å². The Balaban J connectivity index is 0.000000122. The molecule has 674 valence electrons. The molecule has 4 aromatic carbocycles. The molecule has 16 heterocycles. The number of aromatic nitrogens is 20. The first-order valence-corrected chi connectivity index (χ1v) is 44.3. The van der Waals surface area contributed by atoms with E-state index in [-0.39, 0.29) is 67.9 Å². The summed E-state index contributed by atoms with van der Waals surface area (Å²) in [6.45, 7) is 17.6. The summed E-state index contributed by atoms with van der Waals surface area (Å²) in [6.07, 6.45) is 20.7. The maximum Gasteiger partial charge on any atom is 0.244 e. The number of piperazine rings is 4. The number of ether oxygens (including phenoxy) is 3. The average molecular weight is 1850 g/mol. The molecule has 131 heavy (non-hydrogen) atoms. The first kappa shape index (κ1) is 88.8. The Morgan fingerprint density at radius 1 is 0.374 bits per heavy atom. The summed E-state index contributed by atoms with van der Waals surface area (Å²) >= 11 is 24.7. The Kier molecular flexibility index (Phi) is 26.7. The van der Waals surface area contributed by atoms with E-state index in [1.54, 1.807) is 108 Å². The maximum absolute atomic E-state index is 13.3. The summed E-state index contributed by atoms with van der Waals surface area (Å²) in [6, 6.07) is 38.9. The van der Waals surface area contributed by atoms with E-state index in [0.717, 1.165) is 86.0 Å². The van der Waals surface area contributed by atoms with Crippen molar-refractivity contribution in [3.63, 3.8) is 0 Å². The van der Waals surface area contributed by atoms with E-state index in [1.165, 1.54) is 0 Å². The Bertz CT molecular complexity index is 6550. The number of pyridine rings is 4. The molecular formula is C92H96Cl4N28O7. The summed E-state index contributed by atoms with van der Waals surface area (Å²) in [4.78, 5) is 114. The first-order valence-electron chi connectivity index (χ1n) is 42.8. The second-order valence-electron chi connectivity index (χ2n) is 32.1. The van der Waals surface area contributed by atoms with Gasteiger partial charge in [0.15, 0.2) is 45.9 Å². The zero-order valence-corrected chi connectivity index (χ0v) is 76.3. The lowest BCUT2D eigenvalue weighted by Crippen LogP contribution is -2.54. The fourth-order valence-corrected chi connectivity index (χ4v) is 17.8. The molecule has 0 saturated carbocycles. The molecule has 0 radical (unpaired) electrons. The van der Waals surface area contributed by atoms with Crippen LogP contribution in [-0.4, -0.2) is 266 Å². The SMILES string of the molecule is COc1cc(N2CCN(C(=O)Cn3nc(-c4ncc[nH]4)c4cccnc43)C[C@@H]2C)ccc1Cl.COc1cc(N2CCN(C(=O)Cn3nc(-c4ncc[nH]4)c4cccnc43)C[C@H]2C)ccc1Cl.COc1cc(N2CCN(C(=O)Cn3nc(-c4ncc[nH]4)c4cccnc43)[C@H](C)C2)ccc1Cl.Cc1cc(N2CCN(C(=O)Cn3nc(-c4nccn4C)c4cccnc43)CC2)ccc1Cl. The van der Waals surface area contributed by atoms with Crippen LogP contribution in [-0.2, 0) is 52.4 Å². The number of carbonyl (C=O) groups is 4. The lowest BCUT2D eigenvalue weighted by molar-refractivity contribution is -0.134. The predicted molar refractivity (Wildman–Crippen MR) is 504 cm³/mol. The molecule has 12 aromatic heterocycles. The maximum atomic E-state index is 13.3. The number of imidazole rings is 4. The molecule has 4 saturated heterocycles. The van der Waals surface area contributed by atoms with E-state index in [4.69, 9.17) is 65.7 Å². The van der Waals surface area contributed by atoms with Gasteiger partial charge in [-0.25, -0.2) is 58.6 Å². The zero-order chi connectivity index (χ0) is 91.1. The number of nitrogens with one attached hydrogen (secondary N) is 3. The molecule has 4 fully saturated rings. The number of rotatable bonds is 19. The summed E-state index contributed by atoms with van der Waals surface area (Å²) in [5.41, 5.74) is 10.8. The van der Waals surface area contributed by atoms with Crippen LogP contribution in [0, 0.1) is 6.92 Å². The van der Waals surface area contributed by atoms with Gasteiger partial charge in [0.2, 0.25) is 23.6 Å². The van der Waals surface area contributed by atoms with Crippen LogP contribution < -0.4 is 33.8 Å². The van der Waals surface area contributed by atoms with E-state index >= 15 is 0 Å². The number of anilines is 4. The van der Waals surface area contributed by atoms with Gasteiger partial charge in [-0.1, -0.05) is 46.4 Å². The van der Waals surface area contributed by atoms with Crippen molar-refractivity contribution in [2.24, 2.45) is 7.05 Å². The summed E-state index contributed by atoms with van der Waals surface area (Å²) in [5.74, 6) is 4.71. The number of amides is 4. The fourth-order valence-electron chi connectivity index (χ4n) is 17.1. The molecule has 16 aromatic rings. The molecule has 3 atom stereocenters. The number of fused-ring (bicyclic) bond motifs is 4. The van der Waals surface area contributed by atoms with Gasteiger partial charge in [-0.15, -0.1) is 0 Å². The lowest BCUT2D eigenvalue weighted by atomic mass is 10.1. The average Bonchev–Trinajstić information content (AvgIpc) is 1.64. The predicted octanol–water partition coefficient (Wildman–Crippen LogP) is 12.8. The van der Waals surface area contributed by atoms with E-state index in [9.17, 15) is 19.2 Å². The van der Waals surface area contributed by atoms with Crippen LogP contribution in [0.25, 0.3) is 90.2 Å². The van der Waals surface area contributed by atoms with Crippen molar-refractivity contribution in [2.45, 2.75) is 72.0 Å². The van der Waals surface area contributed by atoms with Crippen molar-refractivity contribution in [1.29, 1.82) is 0 Å². The molecular weight excluding hydrogens is 1750 g/mol. The highest BCUT2D eigenvalue weighted by Crippen LogP contribution is 2.37. The number of hydrogen-bond donors (Lipinski definition) is 3. The van der Waals surface area contributed by atoms with Crippen LogP contribution in [0.2, 0.25) is 20.1 Å². The normalized spacial score (nSPS) is 15.9. The van der Waals surface area contributed by atoms with Crippen molar-refractivity contribution in [1.82, 2.24) is 118 Å². The van der Waals surface area contributed by atoms with Gasteiger partial charge in [0, 0.05) is 231 Å². The number of carbonyl (C=O) groups excluding carboxylic acids is 4. The van der Waals surface area contributed by atoms with Crippen LogP contribution in [0.1, 0.15) is 26.3 Å². The van der Waals surface area contributed by atoms with E-state index in [2.05, 4.69) is 117 Å². The fraction of sp³-hybridized carbons (Fsp3) is 0.304. The highest BCUT2D eigenvalue weighted by atomic mass is 35.5. The third-order valence-electron chi connectivity index (χ3n) is 23.8. The van der Waals surface area contributed by atoms with Gasteiger partial charge in [-0.05, 0) is 136 Å². The monoisotopic (exact) mass is 1840 g/mol. The number of benzene rings is 4. The molecule has 0 unspecified atom stereocenters. The molecule has 0 spiro atoms. The number of nitrogens with zero attached hydrogens (tertiary/aromatic N) is 25. The molecule has 4 amide bonds. The minimum atomic E-state index is 0.0104. The second kappa shape index (κ2) is 39.4. The van der Waals surface area contributed by atoms with Gasteiger partial charge >= 0.3 is 0 Å². The third-order valence-corrected chi connectivity index (χ3v) is 25.2. The molecule has 35 nitrogen and oxygen atoms in total. The second-order valence-corrected chi connectivity index (χ2v) is 33.7. The Hall–Kier alpha value is -14.2. The van der Waals surface area contributed by atoms with Crippen LogP contribution >= 0.6 is 46.4 Å². The number of aryl methyl sites for hydroxylation is 2. The van der Waals surface area contributed by atoms with Crippen molar-refractivity contribution in [3.05, 3.63) is 221 Å². The summed E-state index contributed by atoms with van der Waals surface area (Å²) in [5, 5.41) is 24.6. The van der Waals surface area contributed by atoms with E-state index in [0.29, 0.717) is 155 Å². The molecule has 4 aliphatic heterocycles. The molecule has 0 aliphatic carbocycles. The number of halogens is 4. The van der Waals surface area contributed by atoms with Gasteiger partial charge < -0.3 is 72.9 Å². The molecule has 4 aliphatic rings. The lowest BCUT2D eigenvalue weighted by Gasteiger charge is -2.41. The highest BCUT2D eigenvalue weighted by Gasteiger charge is 2.34. The first-order chi connectivity index (χ1) is 63.6. The number of methoxy groups -OCH3 is 3. The van der Waals surface area contributed by atoms with Gasteiger partial charge in [-0.2, -0.15) is 20.4 Å². The topological polar surface area (TPSA) is 349 Å². The van der Waals surface area contributed by atoms with Gasteiger partial charge in [-0.3, -0.25) is 19.2 Å². The van der Waals surface area contributed by atoms with E-state index < -0.39 is 0 Å². The van der Waals surface area contributed by atoms with Crippen LogP contribution in [0.4, 0.5) is 22.7 Å². The Morgan fingerprint density at radius 3 is 1.12 bits per heavy atom. The van der Waals surface area contributed by atoms with Crippen LogP contribution in [0.15, 0.2) is 196 Å². The van der Waals surface area contributed by atoms with Crippen molar-refractivity contribution in [2.75, 3.05) is 126 Å². The minimum absolute atomic E-state index is 0.0104. The van der Waals surface area contributed by atoms with Crippen molar-refractivity contribution >= 4 is 137 Å². The van der Waals surface area contributed by atoms with Crippen molar-refractivity contribution < 1.29 is 33.4 Å². The number of H-pyrrole nitrogens is 3. The highest BCUT2D eigenvalue weighted by molar-refractivity contribution is 6.33. The number of hydrogen-bond acceptors (Lipinski definition) is 23. The largest absolute Gasteiger partial charge is 0.495 e. The summed E-state index contributed by atoms with van der Waals surface area (Å²) < 4.78 is 24.7. The third kappa shape index (κ3) is 19.2. The molecule has 39 heteroatoms. The van der Waals surface area contributed by atoms with Gasteiger partial charge in [0.1, 0.15) is 66.2 Å². The van der Waals surface area contributed by atoms with E-state index in [1.807, 2.05) is 160 Å². The standard InChI is InChI=1S/3C23H24ClN7O2.C23H24ClN7O/c2*1-15-13-29(10-11-30(15)16-5-6-18(24)19(12-16)33-2)20(32)14-31-23-17(4-3-7-27-23)21(28-31)22-25-8-9-26-22;1-15-13-29(16-5-6-18(24)19(12-16)33-2)10-11-30(15)20(32)14-31-23-17(4-3-7-27-23)21(28-31)22-25-8-9-26-22;1-16-14-17(5-6-19(16)24)29-10-12-30(13-11-29)20(32)15-31-22-18(4-3-7-25-22)21(27-31)23-26-8-9-28(23)2/h3*3-9,12,15H,10-11,13-14H2,1-2H3,(H,25,26);3-9,14H,10-13,15H2,1-2H3/t3*15-;/m101./s1. The van der Waals surface area contributed by atoms with Crippen LogP contribution in [0.3, 0.4) is 0 Å². The Labute approximate surface area is 773 Å². The Morgan fingerprint density at radius 2 is 0.740 bits per heavy atom. The zero-order valence-electron chi connectivity index (χ0n) is 73.3. The molecule has 20 rings (SSSR count).